The van der Waals surface area contributed by atoms with Crippen molar-refractivity contribution in [1.82, 2.24) is 14.7 Å². The minimum Gasteiger partial charge on any atom is -0.438 e. The molecule has 1 aromatic carbocycles. The van der Waals surface area contributed by atoms with Crippen molar-refractivity contribution in [3.05, 3.63) is 75.7 Å². The average molecular weight is 414 g/mol. The van der Waals surface area contributed by atoms with Crippen LogP contribution in [0.1, 0.15) is 36.8 Å². The minimum atomic E-state index is -0.492. The summed E-state index contributed by atoms with van der Waals surface area (Å²) in [5, 5.41) is 12.5. The number of aryl methyl sites for hydroxylation is 1. The Morgan fingerprint density at radius 3 is 2.68 bits per heavy atom. The summed E-state index contributed by atoms with van der Waals surface area (Å²) in [6, 6.07) is 14.5. The van der Waals surface area contributed by atoms with Gasteiger partial charge in [-0.05, 0) is 49.6 Å². The first-order chi connectivity index (χ1) is 15.1. The van der Waals surface area contributed by atoms with Gasteiger partial charge in [0.1, 0.15) is 28.6 Å². The number of nitriles is 1. The van der Waals surface area contributed by atoms with Gasteiger partial charge in [-0.15, -0.1) is 0 Å². The van der Waals surface area contributed by atoms with Gasteiger partial charge in [-0.25, -0.2) is 0 Å². The molecule has 3 aromatic rings. The summed E-state index contributed by atoms with van der Waals surface area (Å²) < 4.78 is 7.29. The molecule has 1 aliphatic carbocycles. The molecule has 0 bridgehead atoms. The van der Waals surface area contributed by atoms with Crippen LogP contribution >= 0.6 is 0 Å². The Morgan fingerprint density at radius 1 is 1.23 bits per heavy atom. The van der Waals surface area contributed by atoms with E-state index in [1.165, 1.54) is 10.5 Å². The van der Waals surface area contributed by atoms with Crippen molar-refractivity contribution < 1.29 is 9.53 Å². The van der Waals surface area contributed by atoms with Crippen molar-refractivity contribution in [2.45, 2.75) is 38.6 Å². The Labute approximate surface area is 179 Å². The molecule has 4 rings (SSSR count). The molecule has 7 heteroatoms. The van der Waals surface area contributed by atoms with Crippen LogP contribution in [-0.4, -0.2) is 21.3 Å². The van der Waals surface area contributed by atoms with Gasteiger partial charge in [0.05, 0.1) is 0 Å². The van der Waals surface area contributed by atoms with Gasteiger partial charge in [-0.3, -0.25) is 14.0 Å². The van der Waals surface area contributed by atoms with E-state index < -0.39 is 11.5 Å². The number of hydrogen-bond donors (Lipinski definition) is 1. The number of carbonyl (C=O) groups excluding carboxylic acids is 1. The number of nitrogens with zero attached hydrogens (tertiary/aromatic N) is 3. The molecule has 31 heavy (non-hydrogen) atoms. The van der Waals surface area contributed by atoms with Gasteiger partial charge in [0.25, 0.3) is 11.5 Å². The Kier molecular flexibility index (Phi) is 5.80. The summed E-state index contributed by atoms with van der Waals surface area (Å²) in [6.45, 7) is 1.85. The normalized spacial score (nSPS) is 14.4. The van der Waals surface area contributed by atoms with Crippen molar-refractivity contribution in [1.29, 1.82) is 5.26 Å². The van der Waals surface area contributed by atoms with Crippen LogP contribution in [0, 0.1) is 18.3 Å². The van der Waals surface area contributed by atoms with Gasteiger partial charge in [0.15, 0.2) is 0 Å². The molecule has 2 heterocycles. The van der Waals surface area contributed by atoms with Crippen molar-refractivity contribution in [2.24, 2.45) is 0 Å². The van der Waals surface area contributed by atoms with Gasteiger partial charge in [-0.2, -0.15) is 10.2 Å². The fourth-order valence-electron chi connectivity index (χ4n) is 3.72. The summed E-state index contributed by atoms with van der Waals surface area (Å²) in [7, 11) is 0. The number of aromatic nitrogens is 2. The van der Waals surface area contributed by atoms with Gasteiger partial charge in [-0.1, -0.05) is 37.1 Å². The van der Waals surface area contributed by atoms with E-state index in [1.54, 1.807) is 36.5 Å². The second kappa shape index (κ2) is 8.84. The average Bonchev–Trinajstić information content (AvgIpc) is 3.28. The highest BCUT2D eigenvalue weighted by molar-refractivity contribution is 6.02. The molecule has 0 saturated heterocycles. The van der Waals surface area contributed by atoms with Crippen LogP contribution in [0.15, 0.2) is 59.0 Å². The number of para-hydroxylation sites is 1. The van der Waals surface area contributed by atoms with Gasteiger partial charge < -0.3 is 10.1 Å². The molecule has 1 aliphatic rings. The largest absolute Gasteiger partial charge is 0.438 e. The molecule has 0 atom stereocenters. The highest BCUT2D eigenvalue weighted by Gasteiger charge is 2.21. The van der Waals surface area contributed by atoms with Crippen LogP contribution in [0.5, 0.6) is 11.6 Å². The lowest BCUT2D eigenvalue weighted by molar-refractivity contribution is -0.117. The molecule has 1 N–H and O–H groups in total. The molecular formula is C24H22N4O3. The predicted molar refractivity (Wildman–Crippen MR) is 117 cm³/mol. The number of ether oxygens (including phenoxy) is 1. The van der Waals surface area contributed by atoms with Crippen molar-refractivity contribution in [3.63, 3.8) is 0 Å². The number of carbonyl (C=O) groups is 1. The molecule has 0 aliphatic heterocycles. The van der Waals surface area contributed by atoms with Crippen LogP contribution in [-0.2, 0) is 4.79 Å². The van der Waals surface area contributed by atoms with Crippen LogP contribution in [0.2, 0.25) is 0 Å². The van der Waals surface area contributed by atoms with Gasteiger partial charge >= 0.3 is 0 Å². The van der Waals surface area contributed by atoms with E-state index in [9.17, 15) is 14.9 Å². The Hall–Kier alpha value is -3.92. The molecule has 1 amide bonds. The Balaban J connectivity index is 1.82. The second-order valence-electron chi connectivity index (χ2n) is 7.56. The maximum atomic E-state index is 13.3. The molecule has 7 nitrogen and oxygen atoms in total. The lowest BCUT2D eigenvalue weighted by Gasteiger charge is -2.13. The van der Waals surface area contributed by atoms with E-state index in [0.29, 0.717) is 11.4 Å². The van der Waals surface area contributed by atoms with Crippen LogP contribution in [0.4, 0.5) is 0 Å². The van der Waals surface area contributed by atoms with Crippen molar-refractivity contribution in [2.75, 3.05) is 0 Å². The molecule has 1 saturated carbocycles. The number of hydrogen-bond acceptors (Lipinski definition) is 5. The summed E-state index contributed by atoms with van der Waals surface area (Å²) in [5.41, 5.74) is 0.722. The first-order valence-corrected chi connectivity index (χ1v) is 10.2. The summed E-state index contributed by atoms with van der Waals surface area (Å²) in [5.74, 6) is 0.0524. The van der Waals surface area contributed by atoms with E-state index >= 15 is 0 Å². The second-order valence-corrected chi connectivity index (χ2v) is 7.56. The summed E-state index contributed by atoms with van der Waals surface area (Å²) >= 11 is 0. The lowest BCUT2D eigenvalue weighted by Crippen LogP contribution is -2.33. The Bertz CT molecular complexity index is 1250. The number of fused-ring (bicyclic) bond motifs is 1. The third-order valence-electron chi connectivity index (χ3n) is 5.35. The van der Waals surface area contributed by atoms with E-state index in [2.05, 4.69) is 10.3 Å². The van der Waals surface area contributed by atoms with Gasteiger partial charge in [0.2, 0.25) is 5.88 Å². The number of benzene rings is 1. The fraction of sp³-hybridized carbons (Fsp3) is 0.250. The highest BCUT2D eigenvalue weighted by atomic mass is 16.5. The standard InChI is InChI=1S/C24H22N4O3/c1-16-8-7-13-28-21(16)27-23(31-19-11-3-2-4-12-19)20(24(28)30)14-17(15-25)22(29)26-18-9-5-6-10-18/h2-4,7-8,11-14,18H,5-6,9-10H2,1H3,(H,26,29)/b17-14+. The summed E-state index contributed by atoms with van der Waals surface area (Å²) in [4.78, 5) is 30.5. The topological polar surface area (TPSA) is 96.5 Å². The zero-order valence-corrected chi connectivity index (χ0v) is 17.2. The van der Waals surface area contributed by atoms with Crippen LogP contribution in [0.25, 0.3) is 11.7 Å². The molecule has 2 aromatic heterocycles. The third kappa shape index (κ3) is 4.33. The molecule has 156 valence electrons. The number of pyridine rings is 1. The Morgan fingerprint density at radius 2 is 1.97 bits per heavy atom. The molecular weight excluding hydrogens is 392 g/mol. The van der Waals surface area contributed by atoms with E-state index in [-0.39, 0.29) is 23.1 Å². The quantitative estimate of drug-likeness (QED) is 0.506. The molecule has 1 fully saturated rings. The van der Waals surface area contributed by atoms with E-state index in [0.717, 1.165) is 31.2 Å². The number of amides is 1. The smallest absolute Gasteiger partial charge is 0.269 e. The van der Waals surface area contributed by atoms with Crippen molar-refractivity contribution >= 4 is 17.6 Å². The predicted octanol–water partition coefficient (Wildman–Crippen LogP) is 3.76. The van der Waals surface area contributed by atoms with Crippen LogP contribution in [0.3, 0.4) is 0 Å². The highest BCUT2D eigenvalue weighted by Crippen LogP contribution is 2.25. The van der Waals surface area contributed by atoms with Crippen LogP contribution < -0.4 is 15.6 Å². The first-order valence-electron chi connectivity index (χ1n) is 10.2. The SMILES string of the molecule is Cc1cccn2c(=O)c(/C=C(\C#N)C(=O)NC3CCCC3)c(Oc3ccccc3)nc12. The zero-order valence-electron chi connectivity index (χ0n) is 17.2. The molecule has 0 unspecified atom stereocenters. The zero-order chi connectivity index (χ0) is 21.8. The maximum Gasteiger partial charge on any atom is 0.269 e. The lowest BCUT2D eigenvalue weighted by atomic mass is 10.1. The van der Waals surface area contributed by atoms with E-state index in [4.69, 9.17) is 4.74 Å². The maximum absolute atomic E-state index is 13.3. The first kappa shape index (κ1) is 20.4. The molecule has 0 spiro atoms. The minimum absolute atomic E-state index is 0.0464. The van der Waals surface area contributed by atoms with E-state index in [1.807, 2.05) is 25.1 Å². The van der Waals surface area contributed by atoms with Crippen molar-refractivity contribution in [3.8, 4) is 17.7 Å². The fourth-order valence-corrected chi connectivity index (χ4v) is 3.72. The van der Waals surface area contributed by atoms with Gasteiger partial charge in [0, 0.05) is 12.2 Å². The summed E-state index contributed by atoms with van der Waals surface area (Å²) in [6.07, 6.45) is 6.78. The third-order valence-corrected chi connectivity index (χ3v) is 5.35. The molecule has 0 radical (unpaired) electrons. The number of rotatable bonds is 5. The number of nitrogens with one attached hydrogen (secondary N) is 1. The monoisotopic (exact) mass is 414 g/mol.